The van der Waals surface area contributed by atoms with Crippen molar-refractivity contribution in [3.05, 3.63) is 71.3 Å². The second-order valence-electron chi connectivity index (χ2n) is 6.50. The van der Waals surface area contributed by atoms with Crippen LogP contribution in [-0.2, 0) is 19.4 Å². The highest BCUT2D eigenvalue weighted by molar-refractivity contribution is 5.22. The third-order valence-corrected chi connectivity index (χ3v) is 4.99. The molecule has 1 unspecified atom stereocenters. The van der Waals surface area contributed by atoms with Crippen molar-refractivity contribution in [3.8, 4) is 0 Å². The van der Waals surface area contributed by atoms with E-state index < -0.39 is 0 Å². The van der Waals surface area contributed by atoms with Crippen LogP contribution in [0.15, 0.2) is 43.0 Å². The van der Waals surface area contributed by atoms with Crippen LogP contribution in [0, 0.1) is 6.92 Å². The fourth-order valence-electron chi connectivity index (χ4n) is 3.60. The van der Waals surface area contributed by atoms with E-state index in [1.165, 1.54) is 17.0 Å². The lowest BCUT2D eigenvalue weighted by Gasteiger charge is -2.34. The first-order valence-corrected chi connectivity index (χ1v) is 8.60. The van der Waals surface area contributed by atoms with Crippen LogP contribution >= 0.6 is 0 Å². The SMILES string of the molecule is Cc1[nH]cnc1CN1CCc2[nH]cnc2C1CCc1ccccc1. The van der Waals surface area contributed by atoms with Gasteiger partial charge in [-0.3, -0.25) is 4.90 Å². The van der Waals surface area contributed by atoms with Gasteiger partial charge in [0.25, 0.3) is 0 Å². The summed E-state index contributed by atoms with van der Waals surface area (Å²) in [5.74, 6) is 0. The number of aromatic nitrogens is 4. The van der Waals surface area contributed by atoms with Gasteiger partial charge in [-0.1, -0.05) is 30.3 Å². The fourth-order valence-corrected chi connectivity index (χ4v) is 3.60. The summed E-state index contributed by atoms with van der Waals surface area (Å²) in [4.78, 5) is 18.1. The lowest BCUT2D eigenvalue weighted by molar-refractivity contribution is 0.161. The smallest absolute Gasteiger partial charge is 0.0925 e. The third kappa shape index (κ3) is 2.99. The lowest BCUT2D eigenvalue weighted by Crippen LogP contribution is -2.35. The monoisotopic (exact) mass is 321 g/mol. The summed E-state index contributed by atoms with van der Waals surface area (Å²) in [7, 11) is 0. The van der Waals surface area contributed by atoms with E-state index in [4.69, 9.17) is 0 Å². The molecule has 0 fully saturated rings. The predicted molar refractivity (Wildman–Crippen MR) is 93.5 cm³/mol. The van der Waals surface area contributed by atoms with E-state index in [1.54, 1.807) is 6.33 Å². The van der Waals surface area contributed by atoms with Crippen LogP contribution in [0.2, 0.25) is 0 Å². The number of imidazole rings is 2. The maximum Gasteiger partial charge on any atom is 0.0925 e. The van der Waals surface area contributed by atoms with Crippen LogP contribution in [0.25, 0.3) is 0 Å². The van der Waals surface area contributed by atoms with Crippen LogP contribution in [0.1, 0.15) is 40.8 Å². The van der Waals surface area contributed by atoms with Crippen LogP contribution < -0.4 is 0 Å². The summed E-state index contributed by atoms with van der Waals surface area (Å²) >= 11 is 0. The molecule has 0 saturated heterocycles. The molecule has 1 aliphatic rings. The molecule has 2 aromatic heterocycles. The first kappa shape index (κ1) is 15.1. The van der Waals surface area contributed by atoms with Crippen molar-refractivity contribution in [1.29, 1.82) is 0 Å². The largest absolute Gasteiger partial charge is 0.348 e. The first-order valence-electron chi connectivity index (χ1n) is 8.60. The molecule has 5 heteroatoms. The van der Waals surface area contributed by atoms with Gasteiger partial charge in [0, 0.05) is 30.9 Å². The molecule has 1 aromatic carbocycles. The van der Waals surface area contributed by atoms with Crippen molar-refractivity contribution in [2.75, 3.05) is 6.54 Å². The molecular formula is C19H23N5. The molecule has 1 aliphatic heterocycles. The Morgan fingerprint density at radius 2 is 1.96 bits per heavy atom. The molecule has 0 aliphatic carbocycles. The molecule has 3 aromatic rings. The van der Waals surface area contributed by atoms with Crippen LogP contribution in [-0.4, -0.2) is 31.4 Å². The van der Waals surface area contributed by atoms with Gasteiger partial charge in [0.2, 0.25) is 0 Å². The molecule has 5 nitrogen and oxygen atoms in total. The average Bonchev–Trinajstić information content (AvgIpc) is 3.24. The summed E-state index contributed by atoms with van der Waals surface area (Å²) in [5.41, 5.74) is 6.19. The summed E-state index contributed by atoms with van der Waals surface area (Å²) in [6.45, 7) is 4.01. The summed E-state index contributed by atoms with van der Waals surface area (Å²) in [5, 5.41) is 0. The normalized spacial score (nSPS) is 17.8. The van der Waals surface area contributed by atoms with Gasteiger partial charge in [0.1, 0.15) is 0 Å². The maximum atomic E-state index is 4.63. The van der Waals surface area contributed by atoms with Crippen molar-refractivity contribution in [2.45, 2.75) is 38.8 Å². The van der Waals surface area contributed by atoms with Crippen molar-refractivity contribution in [1.82, 2.24) is 24.8 Å². The number of nitrogens with one attached hydrogen (secondary N) is 2. The van der Waals surface area contributed by atoms with Crippen molar-refractivity contribution >= 4 is 0 Å². The van der Waals surface area contributed by atoms with E-state index in [0.717, 1.165) is 43.7 Å². The Morgan fingerprint density at radius 3 is 2.75 bits per heavy atom. The van der Waals surface area contributed by atoms with E-state index >= 15 is 0 Å². The third-order valence-electron chi connectivity index (χ3n) is 4.99. The molecule has 3 heterocycles. The molecule has 0 spiro atoms. The lowest BCUT2D eigenvalue weighted by atomic mass is 9.96. The standard InChI is InChI=1S/C19H23N5/c1-14-17(22-12-20-14)11-24-10-9-16-19(23-13-21-16)18(24)8-7-15-5-3-2-4-6-15/h2-6,12-13,18H,7-11H2,1H3,(H,20,22)(H,21,23). The summed E-state index contributed by atoms with van der Waals surface area (Å²) in [6, 6.07) is 11.0. The van der Waals surface area contributed by atoms with Gasteiger partial charge in [-0.15, -0.1) is 0 Å². The topological polar surface area (TPSA) is 60.6 Å². The zero-order valence-electron chi connectivity index (χ0n) is 14.0. The van der Waals surface area contributed by atoms with Crippen LogP contribution in [0.5, 0.6) is 0 Å². The van der Waals surface area contributed by atoms with Gasteiger partial charge in [0.15, 0.2) is 0 Å². The minimum atomic E-state index is 0.344. The highest BCUT2D eigenvalue weighted by Crippen LogP contribution is 2.32. The van der Waals surface area contributed by atoms with E-state index in [0.29, 0.717) is 6.04 Å². The zero-order chi connectivity index (χ0) is 16.4. The molecule has 1 atom stereocenters. The Balaban J connectivity index is 1.55. The predicted octanol–water partition coefficient (Wildman–Crippen LogP) is 3.17. The Morgan fingerprint density at radius 1 is 1.12 bits per heavy atom. The van der Waals surface area contributed by atoms with Gasteiger partial charge in [-0.05, 0) is 25.3 Å². The van der Waals surface area contributed by atoms with E-state index in [-0.39, 0.29) is 0 Å². The molecule has 0 bridgehead atoms. The fraction of sp³-hybridized carbons (Fsp3) is 0.368. The number of aryl methyl sites for hydroxylation is 2. The first-order chi connectivity index (χ1) is 11.8. The number of rotatable bonds is 5. The Hall–Kier alpha value is -2.40. The molecule has 4 rings (SSSR count). The molecular weight excluding hydrogens is 298 g/mol. The Labute approximate surface area is 142 Å². The van der Waals surface area contributed by atoms with Gasteiger partial charge < -0.3 is 9.97 Å². The Kier molecular flexibility index (Phi) is 4.17. The second kappa shape index (κ2) is 6.61. The van der Waals surface area contributed by atoms with Crippen molar-refractivity contribution < 1.29 is 0 Å². The minimum Gasteiger partial charge on any atom is -0.348 e. The van der Waals surface area contributed by atoms with Gasteiger partial charge >= 0.3 is 0 Å². The zero-order valence-corrected chi connectivity index (χ0v) is 14.0. The number of nitrogens with zero attached hydrogens (tertiary/aromatic N) is 3. The molecule has 124 valence electrons. The maximum absolute atomic E-state index is 4.63. The minimum absolute atomic E-state index is 0.344. The molecule has 0 saturated carbocycles. The van der Waals surface area contributed by atoms with E-state index in [9.17, 15) is 0 Å². The van der Waals surface area contributed by atoms with E-state index in [2.05, 4.69) is 62.1 Å². The average molecular weight is 321 g/mol. The van der Waals surface area contributed by atoms with Crippen LogP contribution in [0.3, 0.4) is 0 Å². The highest BCUT2D eigenvalue weighted by Gasteiger charge is 2.29. The molecule has 0 radical (unpaired) electrons. The molecule has 2 N–H and O–H groups in total. The summed E-state index contributed by atoms with van der Waals surface area (Å²) < 4.78 is 0. The number of hydrogen-bond donors (Lipinski definition) is 2. The van der Waals surface area contributed by atoms with Crippen molar-refractivity contribution in [2.24, 2.45) is 0 Å². The number of hydrogen-bond acceptors (Lipinski definition) is 3. The number of H-pyrrole nitrogens is 2. The van der Waals surface area contributed by atoms with Gasteiger partial charge in [-0.25, -0.2) is 9.97 Å². The number of aromatic amines is 2. The molecule has 24 heavy (non-hydrogen) atoms. The summed E-state index contributed by atoms with van der Waals surface area (Å²) in [6.07, 6.45) is 6.79. The second-order valence-corrected chi connectivity index (χ2v) is 6.50. The highest BCUT2D eigenvalue weighted by atomic mass is 15.2. The van der Waals surface area contributed by atoms with Gasteiger partial charge in [0.05, 0.1) is 30.1 Å². The quantitative estimate of drug-likeness (QED) is 0.759. The van der Waals surface area contributed by atoms with Crippen molar-refractivity contribution in [3.63, 3.8) is 0 Å². The van der Waals surface area contributed by atoms with E-state index in [1.807, 2.05) is 6.33 Å². The van der Waals surface area contributed by atoms with Gasteiger partial charge in [-0.2, -0.15) is 0 Å². The van der Waals surface area contributed by atoms with Crippen LogP contribution in [0.4, 0.5) is 0 Å². The number of fused-ring (bicyclic) bond motifs is 1. The number of benzene rings is 1. The molecule has 0 amide bonds. The Bertz CT molecular complexity index is 789.